The molecule has 0 aliphatic carbocycles. The molecule has 17 heavy (non-hydrogen) atoms. The number of hydrogen-bond acceptors (Lipinski definition) is 4. The molecule has 1 aromatic rings. The monoisotopic (exact) mass is 319 g/mol. The predicted octanol–water partition coefficient (Wildman–Crippen LogP) is 2.98. The molecule has 1 N–H and O–H groups in total. The van der Waals surface area contributed by atoms with Crippen molar-refractivity contribution in [1.82, 2.24) is 5.32 Å². The average Bonchev–Trinajstić information content (AvgIpc) is 2.64. The van der Waals surface area contributed by atoms with Gasteiger partial charge in [-0.15, -0.1) is 11.3 Å². The Labute approximate surface area is 115 Å². The zero-order chi connectivity index (χ0) is 12.9. The first-order chi connectivity index (χ1) is 7.95. The zero-order valence-electron chi connectivity index (χ0n) is 10.4. The number of halogens is 1. The van der Waals surface area contributed by atoms with E-state index in [0.29, 0.717) is 6.61 Å². The molecule has 0 amide bonds. The molecule has 0 aliphatic rings. The van der Waals surface area contributed by atoms with Crippen LogP contribution in [0.3, 0.4) is 0 Å². The van der Waals surface area contributed by atoms with Crippen molar-refractivity contribution < 1.29 is 9.53 Å². The first-order valence-corrected chi connectivity index (χ1v) is 7.23. The maximum absolute atomic E-state index is 11.6. The minimum Gasteiger partial charge on any atom is -0.465 e. The van der Waals surface area contributed by atoms with Gasteiger partial charge in [0.05, 0.1) is 10.4 Å². The fourth-order valence-corrected chi connectivity index (χ4v) is 2.85. The quantitative estimate of drug-likeness (QED) is 0.819. The molecule has 0 saturated carbocycles. The number of ether oxygens (including phenoxy) is 1. The van der Waals surface area contributed by atoms with Crippen molar-refractivity contribution in [2.75, 3.05) is 13.2 Å². The van der Waals surface area contributed by atoms with Crippen LogP contribution < -0.4 is 5.32 Å². The maximum atomic E-state index is 11.6. The van der Waals surface area contributed by atoms with Gasteiger partial charge in [0.1, 0.15) is 5.54 Å². The summed E-state index contributed by atoms with van der Waals surface area (Å²) in [6, 6.07) is 4.13. The molecule has 1 heterocycles. The van der Waals surface area contributed by atoms with Crippen LogP contribution in [0.5, 0.6) is 0 Å². The third-order valence-corrected chi connectivity index (χ3v) is 4.04. The van der Waals surface area contributed by atoms with Gasteiger partial charge in [-0.3, -0.25) is 4.79 Å². The lowest BCUT2D eigenvalue weighted by Crippen LogP contribution is -2.48. The third-order valence-electron chi connectivity index (χ3n) is 2.35. The first kappa shape index (κ1) is 14.7. The Bertz CT molecular complexity index is 376. The van der Waals surface area contributed by atoms with E-state index in [1.807, 2.05) is 26.8 Å². The number of carbonyl (C=O) groups is 1. The Balaban J connectivity index is 2.37. The second-order valence-electron chi connectivity index (χ2n) is 4.23. The van der Waals surface area contributed by atoms with Crippen LogP contribution in [0.2, 0.25) is 0 Å². The van der Waals surface area contributed by atoms with E-state index in [-0.39, 0.29) is 5.97 Å². The van der Waals surface area contributed by atoms with Gasteiger partial charge in [-0.25, -0.2) is 0 Å². The summed E-state index contributed by atoms with van der Waals surface area (Å²) in [6.07, 6.45) is 0.916. The summed E-state index contributed by atoms with van der Waals surface area (Å²) in [5.74, 6) is -0.202. The lowest BCUT2D eigenvalue weighted by atomic mass is 10.1. The first-order valence-electron chi connectivity index (χ1n) is 5.62. The number of esters is 1. The van der Waals surface area contributed by atoms with Gasteiger partial charge in [0.25, 0.3) is 0 Å². The fraction of sp³-hybridized carbons (Fsp3) is 0.583. The Kier molecular flexibility index (Phi) is 5.62. The predicted molar refractivity (Wildman–Crippen MR) is 74.4 cm³/mol. The number of nitrogens with one attached hydrogen (secondary N) is 1. The van der Waals surface area contributed by atoms with Crippen LogP contribution in [0.25, 0.3) is 0 Å². The molecule has 0 spiro atoms. The average molecular weight is 320 g/mol. The SMILES string of the molecule is CCOC(=O)C(C)(C)NCCc1ccc(Br)s1. The van der Waals surface area contributed by atoms with Crippen molar-refractivity contribution in [3.05, 3.63) is 20.8 Å². The van der Waals surface area contributed by atoms with Gasteiger partial charge >= 0.3 is 5.97 Å². The van der Waals surface area contributed by atoms with E-state index in [4.69, 9.17) is 4.74 Å². The topological polar surface area (TPSA) is 38.3 Å². The molecule has 0 radical (unpaired) electrons. The molecule has 0 bridgehead atoms. The highest BCUT2D eigenvalue weighted by Gasteiger charge is 2.27. The Morgan fingerprint density at radius 1 is 1.53 bits per heavy atom. The van der Waals surface area contributed by atoms with E-state index < -0.39 is 5.54 Å². The van der Waals surface area contributed by atoms with Crippen molar-refractivity contribution in [3.63, 3.8) is 0 Å². The van der Waals surface area contributed by atoms with Gasteiger partial charge in [0.15, 0.2) is 0 Å². The Morgan fingerprint density at radius 3 is 2.76 bits per heavy atom. The van der Waals surface area contributed by atoms with Crippen molar-refractivity contribution >= 4 is 33.2 Å². The molecule has 0 aliphatic heterocycles. The van der Waals surface area contributed by atoms with Crippen LogP contribution in [-0.2, 0) is 16.0 Å². The van der Waals surface area contributed by atoms with Gasteiger partial charge < -0.3 is 10.1 Å². The molecule has 5 heteroatoms. The number of rotatable bonds is 6. The van der Waals surface area contributed by atoms with Crippen molar-refractivity contribution in [1.29, 1.82) is 0 Å². The van der Waals surface area contributed by atoms with Crippen LogP contribution in [0.4, 0.5) is 0 Å². The van der Waals surface area contributed by atoms with Gasteiger partial charge in [-0.2, -0.15) is 0 Å². The fourth-order valence-electron chi connectivity index (χ4n) is 1.37. The van der Waals surface area contributed by atoms with E-state index in [1.54, 1.807) is 11.3 Å². The van der Waals surface area contributed by atoms with E-state index in [1.165, 1.54) is 4.88 Å². The minimum absolute atomic E-state index is 0.202. The normalized spacial score (nSPS) is 11.5. The summed E-state index contributed by atoms with van der Waals surface area (Å²) in [6.45, 7) is 6.68. The number of carbonyl (C=O) groups excluding carboxylic acids is 1. The molecular formula is C12H18BrNO2S. The Hall–Kier alpha value is -0.390. The van der Waals surface area contributed by atoms with Crippen molar-refractivity contribution in [3.8, 4) is 0 Å². The highest BCUT2D eigenvalue weighted by molar-refractivity contribution is 9.11. The van der Waals surface area contributed by atoms with Crippen LogP contribution in [0.15, 0.2) is 15.9 Å². The molecule has 1 aromatic heterocycles. The van der Waals surface area contributed by atoms with E-state index >= 15 is 0 Å². The minimum atomic E-state index is -0.621. The summed E-state index contributed by atoms with van der Waals surface area (Å²) in [4.78, 5) is 12.9. The number of hydrogen-bond donors (Lipinski definition) is 1. The van der Waals surface area contributed by atoms with E-state index in [0.717, 1.165) is 16.8 Å². The van der Waals surface area contributed by atoms with Gasteiger partial charge in [0, 0.05) is 11.4 Å². The molecule has 0 fully saturated rings. The Morgan fingerprint density at radius 2 is 2.24 bits per heavy atom. The molecule has 3 nitrogen and oxygen atoms in total. The summed E-state index contributed by atoms with van der Waals surface area (Å²) in [7, 11) is 0. The third kappa shape index (κ3) is 4.77. The van der Waals surface area contributed by atoms with E-state index in [2.05, 4.69) is 27.3 Å². The largest absolute Gasteiger partial charge is 0.465 e. The molecule has 0 atom stereocenters. The summed E-state index contributed by atoms with van der Waals surface area (Å²) >= 11 is 5.15. The number of thiophene rings is 1. The van der Waals surface area contributed by atoms with Gasteiger partial charge in [-0.1, -0.05) is 0 Å². The summed E-state index contributed by atoms with van der Waals surface area (Å²) in [5.41, 5.74) is -0.621. The second-order valence-corrected chi connectivity index (χ2v) is 6.78. The molecule has 1 rings (SSSR count). The van der Waals surface area contributed by atoms with Crippen LogP contribution in [0, 0.1) is 0 Å². The van der Waals surface area contributed by atoms with Gasteiger partial charge in [-0.05, 0) is 55.3 Å². The smallest absolute Gasteiger partial charge is 0.325 e. The van der Waals surface area contributed by atoms with Gasteiger partial charge in [0.2, 0.25) is 0 Å². The highest BCUT2D eigenvalue weighted by Crippen LogP contribution is 2.22. The second kappa shape index (κ2) is 6.52. The van der Waals surface area contributed by atoms with E-state index in [9.17, 15) is 4.79 Å². The maximum Gasteiger partial charge on any atom is 0.325 e. The van der Waals surface area contributed by atoms with Crippen LogP contribution in [-0.4, -0.2) is 24.7 Å². The lowest BCUT2D eigenvalue weighted by Gasteiger charge is -2.23. The molecular weight excluding hydrogens is 302 g/mol. The molecule has 0 aromatic carbocycles. The molecule has 96 valence electrons. The molecule has 0 unspecified atom stereocenters. The van der Waals surface area contributed by atoms with Crippen LogP contribution >= 0.6 is 27.3 Å². The van der Waals surface area contributed by atoms with Crippen molar-refractivity contribution in [2.45, 2.75) is 32.7 Å². The summed E-state index contributed by atoms with van der Waals surface area (Å²) < 4.78 is 6.14. The summed E-state index contributed by atoms with van der Waals surface area (Å²) in [5, 5.41) is 3.22. The van der Waals surface area contributed by atoms with Crippen LogP contribution in [0.1, 0.15) is 25.6 Å². The standard InChI is InChI=1S/C12H18BrNO2S/c1-4-16-11(15)12(2,3)14-8-7-9-5-6-10(13)17-9/h5-6,14H,4,7-8H2,1-3H3. The van der Waals surface area contributed by atoms with Crippen molar-refractivity contribution in [2.24, 2.45) is 0 Å². The zero-order valence-corrected chi connectivity index (χ0v) is 12.8. The molecule has 0 saturated heterocycles. The lowest BCUT2D eigenvalue weighted by molar-refractivity contribution is -0.149. The highest BCUT2D eigenvalue weighted by atomic mass is 79.9.